The highest BCUT2D eigenvalue weighted by Gasteiger charge is 2.20. The second-order valence-corrected chi connectivity index (χ2v) is 10.4. The summed E-state index contributed by atoms with van der Waals surface area (Å²) in [5, 5.41) is 0. The molecule has 0 aromatic heterocycles. The molecule has 2 rings (SSSR count). The van der Waals surface area contributed by atoms with Gasteiger partial charge in [0.05, 0.1) is 28.4 Å². The number of rotatable bonds is 22. The number of allylic oxidation sites excluding steroid dienone is 2. The van der Waals surface area contributed by atoms with E-state index in [2.05, 4.69) is 19.1 Å². The molecule has 0 saturated heterocycles. The fourth-order valence-electron chi connectivity index (χ4n) is 4.79. The smallest absolute Gasteiger partial charge is 0.311 e. The maximum absolute atomic E-state index is 13.3. The van der Waals surface area contributed by atoms with Crippen LogP contribution in [0.5, 0.6) is 28.7 Å². The first-order valence-corrected chi connectivity index (χ1v) is 15.4. The number of benzene rings is 2. The molecule has 0 heterocycles. The van der Waals surface area contributed by atoms with Crippen molar-refractivity contribution in [2.24, 2.45) is 0 Å². The first kappa shape index (κ1) is 34.7. The summed E-state index contributed by atoms with van der Waals surface area (Å²) < 4.78 is 27.1. The number of esters is 1. The molecule has 0 aliphatic rings. The molecule has 0 bridgehead atoms. The van der Waals surface area contributed by atoms with E-state index < -0.39 is 0 Å². The van der Waals surface area contributed by atoms with Crippen molar-refractivity contribution in [1.29, 1.82) is 0 Å². The van der Waals surface area contributed by atoms with Gasteiger partial charge in [-0.05, 0) is 62.4 Å². The van der Waals surface area contributed by atoms with Gasteiger partial charge < -0.3 is 23.7 Å². The van der Waals surface area contributed by atoms with Crippen molar-refractivity contribution in [2.75, 3.05) is 28.4 Å². The van der Waals surface area contributed by atoms with E-state index in [0.29, 0.717) is 40.5 Å². The summed E-state index contributed by atoms with van der Waals surface area (Å²) in [6, 6.07) is 7.96. The molecule has 0 spiro atoms. The lowest BCUT2D eigenvalue weighted by atomic mass is 10.0. The molecule has 42 heavy (non-hydrogen) atoms. The van der Waals surface area contributed by atoms with E-state index in [4.69, 9.17) is 23.7 Å². The SMILES string of the molecule is CCCCCCCC/C=C\CCCCCCCC(=O)Oc1cc(C(=O)c2cc(OC)c(OC)c(OC)c2)ccc1OC. The Morgan fingerprint density at radius 3 is 1.67 bits per heavy atom. The highest BCUT2D eigenvalue weighted by atomic mass is 16.6. The molecular weight excluding hydrogens is 532 g/mol. The van der Waals surface area contributed by atoms with Gasteiger partial charge in [0.1, 0.15) is 0 Å². The third kappa shape index (κ3) is 11.8. The van der Waals surface area contributed by atoms with Gasteiger partial charge in [-0.3, -0.25) is 9.59 Å². The number of carbonyl (C=O) groups is 2. The van der Waals surface area contributed by atoms with Crippen LogP contribution in [0.1, 0.15) is 113 Å². The molecular formula is C35H50O7. The molecule has 0 aliphatic heterocycles. The lowest BCUT2D eigenvalue weighted by molar-refractivity contribution is -0.134. The molecule has 0 unspecified atom stereocenters. The molecule has 0 atom stereocenters. The van der Waals surface area contributed by atoms with Crippen molar-refractivity contribution in [3.05, 3.63) is 53.6 Å². The second kappa shape index (κ2) is 20.4. The Labute approximate surface area is 252 Å². The molecule has 2 aromatic rings. The Hall–Kier alpha value is -3.48. The van der Waals surface area contributed by atoms with Crippen LogP contribution >= 0.6 is 0 Å². The van der Waals surface area contributed by atoms with Crippen molar-refractivity contribution in [2.45, 2.75) is 96.8 Å². The number of hydrogen-bond acceptors (Lipinski definition) is 7. The van der Waals surface area contributed by atoms with Gasteiger partial charge in [-0.15, -0.1) is 0 Å². The Morgan fingerprint density at radius 1 is 0.595 bits per heavy atom. The fraction of sp³-hybridized carbons (Fsp3) is 0.543. The fourth-order valence-corrected chi connectivity index (χ4v) is 4.79. The molecule has 7 nitrogen and oxygen atoms in total. The topological polar surface area (TPSA) is 80.3 Å². The minimum absolute atomic E-state index is 0.216. The van der Waals surface area contributed by atoms with Crippen LogP contribution in [-0.2, 0) is 4.79 Å². The quantitative estimate of drug-likeness (QED) is 0.0451. The lowest BCUT2D eigenvalue weighted by Crippen LogP contribution is -2.10. The van der Waals surface area contributed by atoms with Gasteiger partial charge in [0, 0.05) is 17.5 Å². The standard InChI is InChI=1S/C35H50O7/c1-6-7-8-9-10-11-12-13-14-15-16-17-18-19-20-21-33(36)42-30-24-27(22-23-29(30)38-2)34(37)28-25-31(39-3)35(41-5)32(26-28)40-4/h13-14,22-26H,6-12,15-21H2,1-5H3/b14-13-. The zero-order valence-corrected chi connectivity index (χ0v) is 26.3. The Bertz CT molecular complexity index is 1100. The number of carbonyl (C=O) groups excluding carboxylic acids is 2. The molecule has 7 heteroatoms. The van der Waals surface area contributed by atoms with Crippen molar-refractivity contribution in [3.63, 3.8) is 0 Å². The molecule has 0 amide bonds. The highest BCUT2D eigenvalue weighted by molar-refractivity contribution is 6.10. The van der Waals surface area contributed by atoms with Crippen LogP contribution in [0, 0.1) is 0 Å². The van der Waals surface area contributed by atoms with Gasteiger partial charge in [0.25, 0.3) is 0 Å². The Kier molecular flexibility index (Phi) is 16.9. The van der Waals surface area contributed by atoms with Crippen LogP contribution in [0.3, 0.4) is 0 Å². The van der Waals surface area contributed by atoms with Crippen LogP contribution in [0.4, 0.5) is 0 Å². The predicted octanol–water partition coefficient (Wildman–Crippen LogP) is 8.89. The summed E-state index contributed by atoms with van der Waals surface area (Å²) in [6.07, 6.45) is 20.5. The van der Waals surface area contributed by atoms with E-state index in [1.807, 2.05) is 0 Å². The minimum Gasteiger partial charge on any atom is -0.493 e. The second-order valence-electron chi connectivity index (χ2n) is 10.4. The molecule has 0 N–H and O–H groups in total. The van der Waals surface area contributed by atoms with Crippen LogP contribution in [-0.4, -0.2) is 40.2 Å². The van der Waals surface area contributed by atoms with Crippen molar-refractivity contribution >= 4 is 11.8 Å². The summed E-state index contributed by atoms with van der Waals surface area (Å²) in [6.45, 7) is 2.25. The first-order valence-electron chi connectivity index (χ1n) is 15.4. The summed E-state index contributed by atoms with van der Waals surface area (Å²) in [5.41, 5.74) is 0.689. The number of hydrogen-bond donors (Lipinski definition) is 0. The van der Waals surface area contributed by atoms with Crippen LogP contribution in [0.2, 0.25) is 0 Å². The van der Waals surface area contributed by atoms with E-state index in [1.165, 1.54) is 85.9 Å². The average Bonchev–Trinajstić information content (AvgIpc) is 3.01. The summed E-state index contributed by atoms with van der Waals surface area (Å²) >= 11 is 0. The van der Waals surface area contributed by atoms with Crippen molar-refractivity contribution in [3.8, 4) is 28.7 Å². The van der Waals surface area contributed by atoms with Gasteiger partial charge in [0.15, 0.2) is 28.8 Å². The van der Waals surface area contributed by atoms with Gasteiger partial charge in [-0.2, -0.15) is 0 Å². The number of ether oxygens (including phenoxy) is 5. The summed E-state index contributed by atoms with van der Waals surface area (Å²) in [7, 11) is 5.99. The van der Waals surface area contributed by atoms with E-state index in [0.717, 1.165) is 32.1 Å². The van der Waals surface area contributed by atoms with Gasteiger partial charge >= 0.3 is 5.97 Å². The number of methoxy groups -OCH3 is 4. The van der Waals surface area contributed by atoms with Crippen LogP contribution < -0.4 is 23.7 Å². The zero-order valence-electron chi connectivity index (χ0n) is 26.3. The third-order valence-corrected chi connectivity index (χ3v) is 7.22. The van der Waals surface area contributed by atoms with Gasteiger partial charge in [0.2, 0.25) is 5.75 Å². The van der Waals surface area contributed by atoms with E-state index in [1.54, 1.807) is 24.3 Å². The molecule has 0 saturated carbocycles. The van der Waals surface area contributed by atoms with Crippen LogP contribution in [0.25, 0.3) is 0 Å². The number of unbranched alkanes of at least 4 members (excludes halogenated alkanes) is 11. The Balaban J connectivity index is 1.79. The number of ketones is 1. The minimum atomic E-state index is -0.344. The van der Waals surface area contributed by atoms with Crippen molar-refractivity contribution < 1.29 is 33.3 Å². The zero-order chi connectivity index (χ0) is 30.6. The highest BCUT2D eigenvalue weighted by Crippen LogP contribution is 2.39. The third-order valence-electron chi connectivity index (χ3n) is 7.22. The molecule has 232 valence electrons. The molecule has 0 radical (unpaired) electrons. The summed E-state index contributed by atoms with van der Waals surface area (Å²) in [4.78, 5) is 25.9. The maximum atomic E-state index is 13.3. The van der Waals surface area contributed by atoms with Crippen molar-refractivity contribution in [1.82, 2.24) is 0 Å². The van der Waals surface area contributed by atoms with Gasteiger partial charge in [-0.25, -0.2) is 0 Å². The average molecular weight is 583 g/mol. The lowest BCUT2D eigenvalue weighted by Gasteiger charge is -2.14. The first-order chi connectivity index (χ1) is 20.5. The predicted molar refractivity (Wildman–Crippen MR) is 168 cm³/mol. The van der Waals surface area contributed by atoms with E-state index in [-0.39, 0.29) is 17.5 Å². The van der Waals surface area contributed by atoms with Crippen LogP contribution in [0.15, 0.2) is 42.5 Å². The van der Waals surface area contributed by atoms with E-state index in [9.17, 15) is 9.59 Å². The molecule has 2 aromatic carbocycles. The van der Waals surface area contributed by atoms with Gasteiger partial charge in [-0.1, -0.05) is 70.4 Å². The Morgan fingerprint density at radius 2 is 1.12 bits per heavy atom. The van der Waals surface area contributed by atoms with E-state index >= 15 is 0 Å². The molecule has 0 fully saturated rings. The molecule has 0 aliphatic carbocycles. The summed E-state index contributed by atoms with van der Waals surface area (Å²) in [5.74, 6) is 1.12. The normalized spacial score (nSPS) is 11.0. The maximum Gasteiger partial charge on any atom is 0.311 e. The largest absolute Gasteiger partial charge is 0.493 e. The monoisotopic (exact) mass is 582 g/mol.